The van der Waals surface area contributed by atoms with Gasteiger partial charge in [0, 0.05) is 15.6 Å². The van der Waals surface area contributed by atoms with Gasteiger partial charge in [-0.2, -0.15) is 0 Å². The Hall–Kier alpha value is -3.24. The second-order valence-corrected chi connectivity index (χ2v) is 8.83. The molecule has 0 bridgehead atoms. The summed E-state index contributed by atoms with van der Waals surface area (Å²) in [5.41, 5.74) is 1.76. The van der Waals surface area contributed by atoms with Gasteiger partial charge in [-0.25, -0.2) is 4.79 Å². The third-order valence-electron chi connectivity index (χ3n) is 5.22. The molecular weight excluding hydrogens is 547 g/mol. The third kappa shape index (κ3) is 6.88. The molecule has 0 fully saturated rings. The monoisotopic (exact) mass is 572 g/mol. The number of aliphatic hydroxyl groups excluding tert-OH is 1. The molecule has 0 saturated heterocycles. The molecule has 3 N–H and O–H groups in total. The predicted molar refractivity (Wildman–Crippen MR) is 136 cm³/mol. The quantitative estimate of drug-likeness (QED) is 0.270. The van der Waals surface area contributed by atoms with Crippen molar-refractivity contribution in [3.63, 3.8) is 0 Å². The molecule has 0 heterocycles. The molecule has 0 aliphatic carbocycles. The lowest BCUT2D eigenvalue weighted by Gasteiger charge is -2.26. The molecule has 3 aromatic carbocycles. The molecule has 8 heteroatoms. The van der Waals surface area contributed by atoms with Crippen molar-refractivity contribution in [2.45, 2.75) is 24.6 Å². The summed E-state index contributed by atoms with van der Waals surface area (Å²) in [5.74, 6) is -1.88. The van der Waals surface area contributed by atoms with E-state index in [4.69, 9.17) is 4.74 Å². The second kappa shape index (κ2) is 12.3. The largest absolute Gasteiger partial charge is 0.467 e. The number of carbonyl (C=O) groups excluding carboxylic acids is 3. The number of halogens is 1. The first-order valence-corrected chi connectivity index (χ1v) is 11.7. The van der Waals surface area contributed by atoms with Crippen molar-refractivity contribution < 1.29 is 24.2 Å². The maximum absolute atomic E-state index is 13.0. The summed E-state index contributed by atoms with van der Waals surface area (Å²) in [5, 5.41) is 16.3. The molecule has 0 radical (unpaired) electrons. The number of hydrogen-bond acceptors (Lipinski definition) is 5. The highest BCUT2D eigenvalue weighted by atomic mass is 127. The molecule has 0 aliphatic rings. The van der Waals surface area contributed by atoms with Gasteiger partial charge >= 0.3 is 5.97 Å². The second-order valence-electron chi connectivity index (χ2n) is 7.59. The van der Waals surface area contributed by atoms with Gasteiger partial charge in [0.05, 0.1) is 13.2 Å². The number of carbonyl (C=O) groups is 3. The number of rotatable bonds is 9. The lowest BCUT2D eigenvalue weighted by atomic mass is 9.99. The van der Waals surface area contributed by atoms with E-state index in [1.165, 1.54) is 7.11 Å². The van der Waals surface area contributed by atoms with Gasteiger partial charge in [0.15, 0.2) is 6.10 Å². The lowest BCUT2D eigenvalue weighted by molar-refractivity contribution is -0.146. The van der Waals surface area contributed by atoms with Gasteiger partial charge in [-0.15, -0.1) is 0 Å². The van der Waals surface area contributed by atoms with E-state index in [2.05, 4.69) is 33.2 Å². The van der Waals surface area contributed by atoms with Crippen LogP contribution in [0.25, 0.3) is 0 Å². The van der Waals surface area contributed by atoms with Gasteiger partial charge in [-0.3, -0.25) is 9.59 Å². The molecule has 3 atom stereocenters. The number of aliphatic hydroxyl groups is 1. The van der Waals surface area contributed by atoms with E-state index in [0.29, 0.717) is 11.1 Å². The van der Waals surface area contributed by atoms with E-state index in [1.807, 2.05) is 24.3 Å². The molecule has 34 heavy (non-hydrogen) atoms. The molecule has 3 aromatic rings. The van der Waals surface area contributed by atoms with Crippen LogP contribution >= 0.6 is 22.6 Å². The van der Waals surface area contributed by atoms with Crippen LogP contribution in [0.4, 0.5) is 0 Å². The fraction of sp³-hybridized carbons (Fsp3) is 0.192. The van der Waals surface area contributed by atoms with Gasteiger partial charge in [0.25, 0.3) is 11.8 Å². The van der Waals surface area contributed by atoms with Gasteiger partial charge in [0.1, 0.15) is 6.04 Å². The van der Waals surface area contributed by atoms with Gasteiger partial charge in [-0.1, -0.05) is 60.7 Å². The highest BCUT2D eigenvalue weighted by Crippen LogP contribution is 2.19. The molecule has 2 amide bonds. The van der Waals surface area contributed by atoms with Crippen LogP contribution in [0, 0.1) is 3.57 Å². The fourth-order valence-electron chi connectivity index (χ4n) is 3.42. The maximum atomic E-state index is 13.0. The number of nitrogens with one attached hydrogen (secondary N) is 2. The van der Waals surface area contributed by atoms with Crippen LogP contribution in [0.15, 0.2) is 84.9 Å². The van der Waals surface area contributed by atoms with Crippen molar-refractivity contribution >= 4 is 40.4 Å². The number of benzene rings is 3. The van der Waals surface area contributed by atoms with Crippen molar-refractivity contribution in [3.8, 4) is 0 Å². The fourth-order valence-corrected chi connectivity index (χ4v) is 3.78. The van der Waals surface area contributed by atoms with E-state index in [9.17, 15) is 19.5 Å². The normalized spacial score (nSPS) is 13.3. The van der Waals surface area contributed by atoms with Crippen molar-refractivity contribution in [1.29, 1.82) is 0 Å². The topological polar surface area (TPSA) is 105 Å². The molecule has 0 spiro atoms. The zero-order chi connectivity index (χ0) is 24.5. The number of esters is 1. The maximum Gasteiger partial charge on any atom is 0.328 e. The lowest BCUT2D eigenvalue weighted by Crippen LogP contribution is -2.51. The van der Waals surface area contributed by atoms with E-state index in [0.717, 1.165) is 9.13 Å². The first-order valence-electron chi connectivity index (χ1n) is 10.6. The van der Waals surface area contributed by atoms with E-state index in [-0.39, 0.29) is 6.42 Å². The van der Waals surface area contributed by atoms with Crippen molar-refractivity contribution in [1.82, 2.24) is 10.6 Å². The molecule has 0 saturated carbocycles. The minimum absolute atomic E-state index is 0.189. The SMILES string of the molecule is COC(=O)[C@@H](Cc1ccc(I)cc1)NC(=O)[C@H](O)[C@@H](NC(=O)c1ccccc1)c1ccccc1. The van der Waals surface area contributed by atoms with Gasteiger partial charge < -0.3 is 20.5 Å². The number of hydrogen-bond donors (Lipinski definition) is 3. The summed E-state index contributed by atoms with van der Waals surface area (Å²) in [6, 6.07) is 22.7. The Morgan fingerprint density at radius 1 is 0.882 bits per heavy atom. The Bertz CT molecular complexity index is 1110. The first-order chi connectivity index (χ1) is 16.4. The summed E-state index contributed by atoms with van der Waals surface area (Å²) < 4.78 is 5.89. The van der Waals surface area contributed by atoms with E-state index >= 15 is 0 Å². The van der Waals surface area contributed by atoms with Crippen LogP contribution in [0.2, 0.25) is 0 Å². The number of amides is 2. The van der Waals surface area contributed by atoms with Gasteiger partial charge in [0.2, 0.25) is 0 Å². The third-order valence-corrected chi connectivity index (χ3v) is 5.94. The summed E-state index contributed by atoms with van der Waals surface area (Å²) in [4.78, 5) is 38.2. The summed E-state index contributed by atoms with van der Waals surface area (Å²) in [6.45, 7) is 0. The Morgan fingerprint density at radius 2 is 1.47 bits per heavy atom. The number of ether oxygens (including phenoxy) is 1. The summed E-state index contributed by atoms with van der Waals surface area (Å²) in [7, 11) is 1.23. The highest BCUT2D eigenvalue weighted by Gasteiger charge is 2.32. The Balaban J connectivity index is 1.80. The van der Waals surface area contributed by atoms with Crippen molar-refractivity contribution in [2.24, 2.45) is 0 Å². The van der Waals surface area contributed by atoms with Crippen LogP contribution in [-0.2, 0) is 20.7 Å². The standard InChI is InChI=1S/C26H25IN2O5/c1-34-26(33)21(16-17-12-14-20(27)15-13-17)28-25(32)23(30)22(18-8-4-2-5-9-18)29-24(31)19-10-6-3-7-11-19/h2-15,21-23,30H,16H2,1H3,(H,28,32)(H,29,31)/t21-,22+,23-/m1/s1. The minimum atomic E-state index is -1.65. The van der Waals surface area contributed by atoms with Crippen LogP contribution in [0.5, 0.6) is 0 Å². The van der Waals surface area contributed by atoms with E-state index < -0.39 is 36.0 Å². The van der Waals surface area contributed by atoms with Crippen molar-refractivity contribution in [2.75, 3.05) is 7.11 Å². The number of methoxy groups -OCH3 is 1. The summed E-state index contributed by atoms with van der Waals surface area (Å²) >= 11 is 2.18. The molecular formula is C26H25IN2O5. The van der Waals surface area contributed by atoms with Gasteiger partial charge in [-0.05, 0) is 58.0 Å². The molecule has 176 valence electrons. The van der Waals surface area contributed by atoms with Crippen molar-refractivity contribution in [3.05, 3.63) is 105 Å². The minimum Gasteiger partial charge on any atom is -0.467 e. The smallest absolute Gasteiger partial charge is 0.328 e. The average Bonchev–Trinajstić information content (AvgIpc) is 2.88. The van der Waals surface area contributed by atoms with E-state index in [1.54, 1.807) is 60.7 Å². The molecule has 7 nitrogen and oxygen atoms in total. The molecule has 0 aromatic heterocycles. The average molecular weight is 572 g/mol. The first kappa shape index (κ1) is 25.4. The van der Waals surface area contributed by atoms with Crippen LogP contribution in [0.3, 0.4) is 0 Å². The predicted octanol–water partition coefficient (Wildman–Crippen LogP) is 3.02. The Kier molecular flexibility index (Phi) is 9.17. The molecule has 0 unspecified atom stereocenters. The molecule has 3 rings (SSSR count). The van der Waals surface area contributed by atoms with Crippen LogP contribution < -0.4 is 10.6 Å². The Morgan fingerprint density at radius 3 is 2.06 bits per heavy atom. The molecule has 0 aliphatic heterocycles. The highest BCUT2D eigenvalue weighted by molar-refractivity contribution is 14.1. The zero-order valence-corrected chi connectivity index (χ0v) is 20.6. The van der Waals surface area contributed by atoms with Crippen LogP contribution in [-0.4, -0.2) is 42.1 Å². The van der Waals surface area contributed by atoms with Crippen LogP contribution in [0.1, 0.15) is 27.5 Å². The summed E-state index contributed by atoms with van der Waals surface area (Å²) in [6.07, 6.45) is -1.46. The zero-order valence-electron chi connectivity index (χ0n) is 18.5. The Labute approximate surface area is 211 Å².